The van der Waals surface area contributed by atoms with E-state index < -0.39 is 0 Å². The first kappa shape index (κ1) is 16.3. The molecule has 0 radical (unpaired) electrons. The Balaban J connectivity index is 1.63. The second-order valence-corrected chi connectivity index (χ2v) is 7.13. The largest absolute Gasteiger partial charge is 0.489 e. The van der Waals surface area contributed by atoms with Crippen molar-refractivity contribution in [2.24, 2.45) is 0 Å². The van der Waals surface area contributed by atoms with E-state index in [0.717, 1.165) is 5.75 Å². The quantitative estimate of drug-likeness (QED) is 0.554. The lowest BCUT2D eigenvalue weighted by atomic mass is 9.87. The highest BCUT2D eigenvalue weighted by Gasteiger charge is 2.12. The van der Waals surface area contributed by atoms with Crippen molar-refractivity contribution in [1.29, 1.82) is 0 Å². The van der Waals surface area contributed by atoms with Crippen LogP contribution < -0.4 is 4.74 Å². The fourth-order valence-electron chi connectivity index (χ4n) is 2.64. The summed E-state index contributed by atoms with van der Waals surface area (Å²) < 4.78 is 5.91. The van der Waals surface area contributed by atoms with Gasteiger partial charge in [-0.25, -0.2) is 0 Å². The summed E-state index contributed by atoms with van der Waals surface area (Å²) in [6.45, 7) is 7.25. The van der Waals surface area contributed by atoms with Gasteiger partial charge < -0.3 is 4.74 Å². The maximum atomic E-state index is 5.91. The third-order valence-corrected chi connectivity index (χ3v) is 4.19. The van der Waals surface area contributed by atoms with Gasteiger partial charge >= 0.3 is 0 Å². The summed E-state index contributed by atoms with van der Waals surface area (Å²) in [5.41, 5.74) is 5.14. The van der Waals surface area contributed by atoms with Gasteiger partial charge in [-0.2, -0.15) is 0 Å². The first-order valence-electron chi connectivity index (χ1n) is 8.40. The Morgan fingerprint density at radius 3 is 1.83 bits per heavy atom. The molecule has 3 aromatic rings. The van der Waals surface area contributed by atoms with Crippen LogP contribution in [0, 0.1) is 0 Å². The third-order valence-electron chi connectivity index (χ3n) is 4.19. The minimum absolute atomic E-state index is 0.172. The maximum Gasteiger partial charge on any atom is 0.119 e. The van der Waals surface area contributed by atoms with Crippen LogP contribution in [0.1, 0.15) is 31.9 Å². The molecule has 0 N–H and O–H groups in total. The molecule has 1 heteroatoms. The minimum Gasteiger partial charge on any atom is -0.489 e. The molecule has 0 aromatic heterocycles. The zero-order valence-electron chi connectivity index (χ0n) is 14.6. The molecule has 122 valence electrons. The van der Waals surface area contributed by atoms with Crippen LogP contribution in [0.4, 0.5) is 0 Å². The van der Waals surface area contributed by atoms with E-state index in [1.54, 1.807) is 0 Å². The Morgan fingerprint density at radius 1 is 0.667 bits per heavy atom. The predicted octanol–water partition coefficient (Wildman–Crippen LogP) is 6.23. The molecule has 0 saturated carbocycles. The van der Waals surface area contributed by atoms with Gasteiger partial charge in [-0.3, -0.25) is 0 Å². The molecule has 24 heavy (non-hydrogen) atoms. The predicted molar refractivity (Wildman–Crippen MR) is 101 cm³/mol. The monoisotopic (exact) mass is 316 g/mol. The molecule has 0 heterocycles. The summed E-state index contributed by atoms with van der Waals surface area (Å²) in [5, 5.41) is 0. The van der Waals surface area contributed by atoms with E-state index in [0.29, 0.717) is 6.61 Å². The summed E-state index contributed by atoms with van der Waals surface area (Å²) in [6.07, 6.45) is 0. The van der Waals surface area contributed by atoms with Crippen LogP contribution in [0.3, 0.4) is 0 Å². The number of hydrogen-bond donors (Lipinski definition) is 0. The van der Waals surface area contributed by atoms with E-state index in [4.69, 9.17) is 4.74 Å². The Kier molecular flexibility index (Phi) is 4.71. The van der Waals surface area contributed by atoms with Gasteiger partial charge in [-0.05, 0) is 39.8 Å². The highest BCUT2D eigenvalue weighted by molar-refractivity contribution is 5.63. The maximum absolute atomic E-state index is 5.91. The fourth-order valence-corrected chi connectivity index (χ4v) is 2.64. The number of rotatable bonds is 4. The van der Waals surface area contributed by atoms with Crippen LogP contribution in [0.5, 0.6) is 5.75 Å². The summed E-state index contributed by atoms with van der Waals surface area (Å²) in [4.78, 5) is 0. The topological polar surface area (TPSA) is 9.23 Å². The molecular weight excluding hydrogens is 292 g/mol. The Hall–Kier alpha value is -2.54. The average molecular weight is 316 g/mol. The van der Waals surface area contributed by atoms with Crippen LogP contribution in [-0.2, 0) is 12.0 Å². The zero-order valence-corrected chi connectivity index (χ0v) is 14.6. The number of hydrogen-bond acceptors (Lipinski definition) is 1. The molecule has 0 saturated heterocycles. The van der Waals surface area contributed by atoms with Gasteiger partial charge in [0.1, 0.15) is 12.4 Å². The van der Waals surface area contributed by atoms with Crippen molar-refractivity contribution in [3.63, 3.8) is 0 Å². The highest BCUT2D eigenvalue weighted by Crippen LogP contribution is 2.25. The van der Waals surface area contributed by atoms with E-state index in [-0.39, 0.29) is 5.41 Å². The standard InChI is InChI=1S/C23H24O/c1-23(2,3)21-13-15-22(16-14-21)24-17-18-9-11-20(12-10-18)19-7-5-4-6-8-19/h4-16H,17H2,1-3H3. The molecule has 0 amide bonds. The van der Waals surface area contributed by atoms with Gasteiger partial charge in [0.25, 0.3) is 0 Å². The Bertz CT molecular complexity index is 763. The highest BCUT2D eigenvalue weighted by atomic mass is 16.5. The third kappa shape index (κ3) is 4.05. The molecule has 3 rings (SSSR count). The Labute approximate surface area is 144 Å². The normalized spacial score (nSPS) is 11.3. The van der Waals surface area contributed by atoms with Crippen LogP contribution in [-0.4, -0.2) is 0 Å². The SMILES string of the molecule is CC(C)(C)c1ccc(OCc2ccc(-c3ccccc3)cc2)cc1. The molecule has 0 aliphatic carbocycles. The molecule has 3 aromatic carbocycles. The molecule has 0 fully saturated rings. The molecule has 0 unspecified atom stereocenters. The van der Waals surface area contributed by atoms with Crippen LogP contribution in [0.2, 0.25) is 0 Å². The minimum atomic E-state index is 0.172. The van der Waals surface area contributed by atoms with Crippen molar-refractivity contribution < 1.29 is 4.74 Å². The van der Waals surface area contributed by atoms with Crippen LogP contribution in [0.15, 0.2) is 78.9 Å². The van der Waals surface area contributed by atoms with E-state index in [1.807, 2.05) is 6.07 Å². The lowest BCUT2D eigenvalue weighted by Crippen LogP contribution is -2.10. The van der Waals surface area contributed by atoms with Crippen molar-refractivity contribution >= 4 is 0 Å². The van der Waals surface area contributed by atoms with Gasteiger partial charge in [0.15, 0.2) is 0 Å². The van der Waals surface area contributed by atoms with E-state index >= 15 is 0 Å². The Morgan fingerprint density at radius 2 is 1.25 bits per heavy atom. The molecule has 0 bridgehead atoms. The molecule has 1 nitrogen and oxygen atoms in total. The lowest BCUT2D eigenvalue weighted by Gasteiger charge is -2.19. The molecule has 0 aliphatic heterocycles. The van der Waals surface area contributed by atoms with Gasteiger partial charge in [0.2, 0.25) is 0 Å². The van der Waals surface area contributed by atoms with Crippen LogP contribution >= 0.6 is 0 Å². The smallest absolute Gasteiger partial charge is 0.119 e. The lowest BCUT2D eigenvalue weighted by molar-refractivity contribution is 0.306. The summed E-state index contributed by atoms with van der Waals surface area (Å²) in [5.74, 6) is 0.912. The van der Waals surface area contributed by atoms with Crippen molar-refractivity contribution in [3.05, 3.63) is 90.0 Å². The average Bonchev–Trinajstić information content (AvgIpc) is 2.61. The van der Waals surface area contributed by atoms with Crippen molar-refractivity contribution in [1.82, 2.24) is 0 Å². The van der Waals surface area contributed by atoms with Gasteiger partial charge in [-0.15, -0.1) is 0 Å². The fraction of sp³-hybridized carbons (Fsp3) is 0.217. The summed E-state index contributed by atoms with van der Waals surface area (Å²) in [6, 6.07) is 27.4. The number of ether oxygens (including phenoxy) is 1. The molecule has 0 spiro atoms. The van der Waals surface area contributed by atoms with E-state index in [2.05, 4.69) is 93.6 Å². The second-order valence-electron chi connectivity index (χ2n) is 7.13. The molecular formula is C23H24O. The van der Waals surface area contributed by atoms with Crippen molar-refractivity contribution in [3.8, 4) is 16.9 Å². The first-order valence-corrected chi connectivity index (χ1v) is 8.40. The van der Waals surface area contributed by atoms with Gasteiger partial charge in [-0.1, -0.05) is 87.5 Å². The summed E-state index contributed by atoms with van der Waals surface area (Å²) in [7, 11) is 0. The van der Waals surface area contributed by atoms with Crippen molar-refractivity contribution in [2.45, 2.75) is 32.8 Å². The van der Waals surface area contributed by atoms with Crippen molar-refractivity contribution in [2.75, 3.05) is 0 Å². The first-order chi connectivity index (χ1) is 11.5. The van der Waals surface area contributed by atoms with Gasteiger partial charge in [0.05, 0.1) is 0 Å². The number of benzene rings is 3. The van der Waals surface area contributed by atoms with Gasteiger partial charge in [0, 0.05) is 0 Å². The molecule has 0 atom stereocenters. The van der Waals surface area contributed by atoms with E-state index in [1.165, 1.54) is 22.3 Å². The second kappa shape index (κ2) is 6.92. The van der Waals surface area contributed by atoms with Crippen LogP contribution in [0.25, 0.3) is 11.1 Å². The van der Waals surface area contributed by atoms with E-state index in [9.17, 15) is 0 Å². The molecule has 0 aliphatic rings. The summed E-state index contributed by atoms with van der Waals surface area (Å²) >= 11 is 0. The zero-order chi connectivity index (χ0) is 17.0.